The largest absolute Gasteiger partial charge is 0.142 e. The first-order valence-electron chi connectivity index (χ1n) is 5.53. The fourth-order valence-corrected chi connectivity index (χ4v) is 4.38. The van der Waals surface area contributed by atoms with E-state index in [1.807, 2.05) is 11.3 Å². The molecule has 0 saturated carbocycles. The van der Waals surface area contributed by atoms with Crippen LogP contribution in [-0.2, 0) is 0 Å². The first-order chi connectivity index (χ1) is 7.74. The van der Waals surface area contributed by atoms with E-state index in [0.29, 0.717) is 4.83 Å². The van der Waals surface area contributed by atoms with Crippen molar-refractivity contribution in [2.45, 2.75) is 31.0 Å². The molecule has 0 saturated heterocycles. The number of hydrogen-bond donors (Lipinski definition) is 0. The minimum absolute atomic E-state index is 0.496. The molecule has 1 heterocycles. The van der Waals surface area contributed by atoms with Crippen LogP contribution in [0.1, 0.15) is 36.6 Å². The Morgan fingerprint density at radius 2 is 2.19 bits per heavy atom. The van der Waals surface area contributed by atoms with E-state index in [2.05, 4.69) is 62.4 Å². The Bertz CT molecular complexity index is 476. The van der Waals surface area contributed by atoms with Crippen molar-refractivity contribution in [2.75, 3.05) is 0 Å². The molecule has 0 spiro atoms. The molecule has 1 aromatic heterocycles. The molecule has 2 rings (SSSR count). The third-order valence-electron chi connectivity index (χ3n) is 2.73. The fraction of sp³-hybridized carbons (Fsp3) is 0.385. The van der Waals surface area contributed by atoms with E-state index in [9.17, 15) is 0 Å². The minimum Gasteiger partial charge on any atom is -0.142 e. The van der Waals surface area contributed by atoms with E-state index in [-0.39, 0.29) is 0 Å². The number of alkyl halides is 1. The van der Waals surface area contributed by atoms with Gasteiger partial charge in [-0.25, -0.2) is 0 Å². The molecule has 2 aromatic rings. The van der Waals surface area contributed by atoms with Gasteiger partial charge in [-0.3, -0.25) is 0 Å². The highest BCUT2D eigenvalue weighted by atomic mass is 79.9. The third-order valence-corrected chi connectivity index (χ3v) is 5.65. The van der Waals surface area contributed by atoms with Gasteiger partial charge in [0.2, 0.25) is 0 Å². The summed E-state index contributed by atoms with van der Waals surface area (Å²) in [6.45, 7) is 2.24. The minimum atomic E-state index is 0.496. The topological polar surface area (TPSA) is 0 Å². The Labute approximate surface area is 117 Å². The first-order valence-corrected chi connectivity index (χ1v) is 8.12. The molecule has 0 amide bonds. The van der Waals surface area contributed by atoms with Crippen molar-refractivity contribution in [1.82, 2.24) is 0 Å². The maximum absolute atomic E-state index is 3.80. The molecule has 1 aromatic carbocycles. The molecule has 0 aliphatic carbocycles. The first kappa shape index (κ1) is 12.6. The molecule has 16 heavy (non-hydrogen) atoms. The molecule has 0 bridgehead atoms. The highest BCUT2D eigenvalue weighted by Crippen LogP contribution is 2.39. The number of benzene rings is 1. The average Bonchev–Trinajstić information content (AvgIpc) is 2.71. The molecule has 0 nitrogen and oxygen atoms in total. The Kier molecular flexibility index (Phi) is 4.45. The van der Waals surface area contributed by atoms with Crippen LogP contribution in [0.2, 0.25) is 0 Å². The number of halogens is 2. The molecule has 86 valence electrons. The molecule has 0 radical (unpaired) electrons. The predicted molar refractivity (Wildman–Crippen MR) is 80.7 cm³/mol. The van der Waals surface area contributed by atoms with E-state index < -0.39 is 0 Å². The maximum atomic E-state index is 3.80. The second kappa shape index (κ2) is 5.65. The van der Waals surface area contributed by atoms with Crippen LogP contribution >= 0.6 is 43.2 Å². The van der Waals surface area contributed by atoms with Gasteiger partial charge in [-0.05, 0) is 44.7 Å². The molecule has 0 aliphatic heterocycles. The van der Waals surface area contributed by atoms with Crippen molar-refractivity contribution < 1.29 is 0 Å². The Balaban J connectivity index is 2.34. The van der Waals surface area contributed by atoms with Gasteiger partial charge < -0.3 is 0 Å². The van der Waals surface area contributed by atoms with Crippen LogP contribution in [-0.4, -0.2) is 0 Å². The number of thiophene rings is 1. The molecule has 1 unspecified atom stereocenters. The van der Waals surface area contributed by atoms with Crippen LogP contribution in [0.4, 0.5) is 0 Å². The molecule has 0 fully saturated rings. The monoisotopic (exact) mass is 360 g/mol. The van der Waals surface area contributed by atoms with Gasteiger partial charge in [0.05, 0.1) is 0 Å². The van der Waals surface area contributed by atoms with Crippen LogP contribution in [0.25, 0.3) is 10.1 Å². The molecular formula is C13H14Br2S. The second-order valence-corrected chi connectivity index (χ2v) is 6.76. The quantitative estimate of drug-likeness (QED) is 0.561. The van der Waals surface area contributed by atoms with E-state index in [0.717, 1.165) is 0 Å². The van der Waals surface area contributed by atoms with Gasteiger partial charge in [0.15, 0.2) is 0 Å². The molecule has 1 atom stereocenters. The number of hydrogen-bond acceptors (Lipinski definition) is 1. The van der Waals surface area contributed by atoms with Gasteiger partial charge in [0, 0.05) is 14.0 Å². The van der Waals surface area contributed by atoms with Crippen molar-refractivity contribution in [2.24, 2.45) is 0 Å². The van der Waals surface area contributed by atoms with Gasteiger partial charge in [-0.1, -0.05) is 47.8 Å². The standard InChI is InChI=1S/C13H14Br2S/c1-2-3-6-11(14)10-8-16-13-9(10)5-4-7-12(13)15/h4-5,7-8,11H,2-3,6H2,1H3. The van der Waals surface area contributed by atoms with Crippen LogP contribution in [0, 0.1) is 0 Å². The zero-order valence-electron chi connectivity index (χ0n) is 9.17. The number of unbranched alkanes of at least 4 members (excludes halogenated alkanes) is 1. The fourth-order valence-electron chi connectivity index (χ4n) is 1.82. The zero-order chi connectivity index (χ0) is 11.5. The normalized spacial score (nSPS) is 13.2. The van der Waals surface area contributed by atoms with E-state index in [1.54, 1.807) is 0 Å². The summed E-state index contributed by atoms with van der Waals surface area (Å²) < 4.78 is 2.56. The molecule has 0 N–H and O–H groups in total. The Morgan fingerprint density at radius 1 is 1.38 bits per heavy atom. The summed E-state index contributed by atoms with van der Waals surface area (Å²) in [5, 5.41) is 3.67. The van der Waals surface area contributed by atoms with Crippen LogP contribution in [0.3, 0.4) is 0 Å². The van der Waals surface area contributed by atoms with Gasteiger partial charge >= 0.3 is 0 Å². The molecular weight excluding hydrogens is 348 g/mol. The Hall–Kier alpha value is 0.140. The number of rotatable bonds is 4. The summed E-state index contributed by atoms with van der Waals surface area (Å²) in [7, 11) is 0. The lowest BCUT2D eigenvalue weighted by Crippen LogP contribution is -1.88. The summed E-state index contributed by atoms with van der Waals surface area (Å²) in [6.07, 6.45) is 3.75. The molecule has 3 heteroatoms. The maximum Gasteiger partial charge on any atom is 0.0488 e. The van der Waals surface area contributed by atoms with E-state index in [1.165, 1.54) is 39.4 Å². The zero-order valence-corrected chi connectivity index (χ0v) is 13.2. The van der Waals surface area contributed by atoms with Crippen molar-refractivity contribution in [3.05, 3.63) is 33.6 Å². The summed E-state index contributed by atoms with van der Waals surface area (Å²) in [5.74, 6) is 0. The second-order valence-electron chi connectivity index (χ2n) is 3.92. The van der Waals surface area contributed by atoms with Gasteiger partial charge in [0.1, 0.15) is 0 Å². The van der Waals surface area contributed by atoms with Crippen LogP contribution in [0.15, 0.2) is 28.1 Å². The molecule has 0 aliphatic rings. The summed E-state index contributed by atoms with van der Waals surface area (Å²) in [6, 6.07) is 6.44. The average molecular weight is 362 g/mol. The summed E-state index contributed by atoms with van der Waals surface area (Å²) in [5.41, 5.74) is 1.44. The smallest absolute Gasteiger partial charge is 0.0488 e. The van der Waals surface area contributed by atoms with Crippen LogP contribution in [0.5, 0.6) is 0 Å². The highest BCUT2D eigenvalue weighted by molar-refractivity contribution is 9.10. The highest BCUT2D eigenvalue weighted by Gasteiger charge is 2.13. The van der Waals surface area contributed by atoms with E-state index >= 15 is 0 Å². The van der Waals surface area contributed by atoms with Crippen molar-refractivity contribution in [3.63, 3.8) is 0 Å². The Morgan fingerprint density at radius 3 is 2.94 bits per heavy atom. The lowest BCUT2D eigenvalue weighted by molar-refractivity contribution is 0.716. The SMILES string of the molecule is CCCCC(Br)c1csc2c(Br)cccc12. The van der Waals surface area contributed by atoms with Gasteiger partial charge in [-0.2, -0.15) is 0 Å². The summed E-state index contributed by atoms with van der Waals surface area (Å²) in [4.78, 5) is 0.496. The van der Waals surface area contributed by atoms with Gasteiger partial charge in [-0.15, -0.1) is 11.3 Å². The van der Waals surface area contributed by atoms with Crippen molar-refractivity contribution >= 4 is 53.3 Å². The van der Waals surface area contributed by atoms with Crippen molar-refractivity contribution in [1.29, 1.82) is 0 Å². The lowest BCUT2D eigenvalue weighted by atomic mass is 10.1. The third kappa shape index (κ3) is 2.52. The van der Waals surface area contributed by atoms with Crippen molar-refractivity contribution in [3.8, 4) is 0 Å². The predicted octanol–water partition coefficient (Wildman–Crippen LogP) is 6.29. The summed E-state index contributed by atoms with van der Waals surface area (Å²) >= 11 is 9.24. The van der Waals surface area contributed by atoms with Gasteiger partial charge in [0.25, 0.3) is 0 Å². The number of fused-ring (bicyclic) bond motifs is 1. The van der Waals surface area contributed by atoms with Crippen LogP contribution < -0.4 is 0 Å². The van der Waals surface area contributed by atoms with E-state index in [4.69, 9.17) is 0 Å². The lowest BCUT2D eigenvalue weighted by Gasteiger charge is -2.08.